The molecule has 0 aliphatic carbocycles. The number of hydrogen-bond donors (Lipinski definition) is 1. The predicted octanol–water partition coefficient (Wildman–Crippen LogP) is -0.799. The molecule has 1 heterocycles. The first kappa shape index (κ1) is 13.9. The van der Waals surface area contributed by atoms with Crippen LogP contribution in [0.5, 0.6) is 0 Å². The van der Waals surface area contributed by atoms with Crippen LogP contribution in [0.15, 0.2) is 0 Å². The van der Waals surface area contributed by atoms with Gasteiger partial charge in [-0.3, -0.25) is 9.74 Å². The molecule has 5 heteroatoms. The number of likely N-dealkylation sites (N-methyl/N-ethyl adjacent to an activating group) is 1. The van der Waals surface area contributed by atoms with Gasteiger partial charge in [0.25, 0.3) is 0 Å². The lowest BCUT2D eigenvalue weighted by Crippen LogP contribution is -2.48. The van der Waals surface area contributed by atoms with Gasteiger partial charge in [0.1, 0.15) is 13.2 Å². The minimum absolute atomic E-state index is 0.752. The Morgan fingerprint density at radius 1 is 1.12 bits per heavy atom. The second-order valence-electron chi connectivity index (χ2n) is 5.41. The van der Waals surface area contributed by atoms with Crippen LogP contribution in [0.25, 0.3) is 0 Å². The molecule has 16 heavy (non-hydrogen) atoms. The fourth-order valence-electron chi connectivity index (χ4n) is 1.71. The molecule has 0 bridgehead atoms. The average molecular weight is 231 g/mol. The standard InChI is InChI=1S/C11H27N4O/c1-15(2,3)10-11-16-14-8-6-13(5-4-12)7-9-14/h4-12H2,1-3H3/q+1. The van der Waals surface area contributed by atoms with E-state index < -0.39 is 0 Å². The van der Waals surface area contributed by atoms with E-state index in [9.17, 15) is 0 Å². The van der Waals surface area contributed by atoms with Crippen molar-refractivity contribution in [2.45, 2.75) is 0 Å². The molecule has 0 aromatic rings. The molecular formula is C11H27N4O+. The molecule has 0 radical (unpaired) electrons. The molecule has 0 aromatic heterocycles. The summed E-state index contributed by atoms with van der Waals surface area (Å²) in [5.41, 5.74) is 5.53. The molecule has 96 valence electrons. The second-order valence-corrected chi connectivity index (χ2v) is 5.41. The van der Waals surface area contributed by atoms with Crippen molar-refractivity contribution >= 4 is 0 Å². The maximum absolute atomic E-state index is 5.75. The van der Waals surface area contributed by atoms with Crippen molar-refractivity contribution in [3.05, 3.63) is 0 Å². The number of hydroxylamine groups is 2. The third kappa shape index (κ3) is 5.77. The molecule has 0 amide bonds. The van der Waals surface area contributed by atoms with Crippen LogP contribution in [-0.4, -0.2) is 88.0 Å². The molecule has 0 unspecified atom stereocenters. The van der Waals surface area contributed by atoms with E-state index in [0.717, 1.165) is 56.9 Å². The quantitative estimate of drug-likeness (QED) is 0.608. The number of piperazine rings is 1. The van der Waals surface area contributed by atoms with Crippen LogP contribution in [0, 0.1) is 0 Å². The van der Waals surface area contributed by atoms with E-state index in [1.807, 2.05) is 0 Å². The number of hydrogen-bond acceptors (Lipinski definition) is 4. The van der Waals surface area contributed by atoms with Gasteiger partial charge in [-0.05, 0) is 0 Å². The van der Waals surface area contributed by atoms with Crippen molar-refractivity contribution in [1.29, 1.82) is 0 Å². The highest BCUT2D eigenvalue weighted by molar-refractivity contribution is 4.67. The molecule has 1 fully saturated rings. The zero-order valence-corrected chi connectivity index (χ0v) is 11.0. The fourth-order valence-corrected chi connectivity index (χ4v) is 1.71. The lowest BCUT2D eigenvalue weighted by Gasteiger charge is -2.34. The molecule has 0 spiro atoms. The summed E-state index contributed by atoms with van der Waals surface area (Å²) in [6.45, 7) is 7.75. The van der Waals surface area contributed by atoms with Gasteiger partial charge in [0.15, 0.2) is 0 Å². The first-order valence-electron chi connectivity index (χ1n) is 6.12. The van der Waals surface area contributed by atoms with Gasteiger partial charge < -0.3 is 10.2 Å². The van der Waals surface area contributed by atoms with Crippen molar-refractivity contribution < 1.29 is 9.32 Å². The van der Waals surface area contributed by atoms with Crippen molar-refractivity contribution in [2.75, 3.05) is 73.6 Å². The molecule has 1 aliphatic rings. The van der Waals surface area contributed by atoms with Gasteiger partial charge in [-0.15, -0.1) is 0 Å². The number of nitrogens with zero attached hydrogens (tertiary/aromatic N) is 3. The second kappa shape index (κ2) is 6.51. The summed E-state index contributed by atoms with van der Waals surface area (Å²) in [5, 5.41) is 2.09. The molecular weight excluding hydrogens is 204 g/mol. The highest BCUT2D eigenvalue weighted by Gasteiger charge is 2.17. The fraction of sp³-hybridized carbons (Fsp3) is 1.00. The molecule has 2 N–H and O–H groups in total. The highest BCUT2D eigenvalue weighted by atomic mass is 16.7. The topological polar surface area (TPSA) is 41.7 Å². The number of quaternary nitrogens is 1. The van der Waals surface area contributed by atoms with Crippen molar-refractivity contribution in [2.24, 2.45) is 5.73 Å². The van der Waals surface area contributed by atoms with E-state index in [4.69, 9.17) is 10.6 Å². The van der Waals surface area contributed by atoms with Crippen molar-refractivity contribution in [3.8, 4) is 0 Å². The van der Waals surface area contributed by atoms with Gasteiger partial charge in [0.2, 0.25) is 0 Å². The van der Waals surface area contributed by atoms with Crippen molar-refractivity contribution in [1.82, 2.24) is 9.96 Å². The van der Waals surface area contributed by atoms with E-state index in [0.29, 0.717) is 0 Å². The normalized spacial score (nSPS) is 20.2. The molecule has 0 saturated carbocycles. The van der Waals surface area contributed by atoms with Crippen LogP contribution < -0.4 is 5.73 Å². The van der Waals surface area contributed by atoms with Crippen LogP contribution in [-0.2, 0) is 4.84 Å². The highest BCUT2D eigenvalue weighted by Crippen LogP contribution is 2.02. The minimum atomic E-state index is 0.752. The van der Waals surface area contributed by atoms with Crippen LogP contribution in [0.1, 0.15) is 0 Å². The minimum Gasteiger partial charge on any atom is -0.329 e. The summed E-state index contributed by atoms with van der Waals surface area (Å²) in [6.07, 6.45) is 0. The van der Waals surface area contributed by atoms with Gasteiger partial charge in [-0.1, -0.05) is 0 Å². The molecule has 0 aromatic carbocycles. The SMILES string of the molecule is C[N+](C)(C)CCON1CCN(CCN)CC1. The molecule has 1 aliphatic heterocycles. The van der Waals surface area contributed by atoms with Gasteiger partial charge in [0.05, 0.1) is 21.1 Å². The predicted molar refractivity (Wildman–Crippen MR) is 65.9 cm³/mol. The van der Waals surface area contributed by atoms with E-state index >= 15 is 0 Å². The third-order valence-electron chi connectivity index (χ3n) is 2.81. The van der Waals surface area contributed by atoms with E-state index in [-0.39, 0.29) is 0 Å². The lowest BCUT2D eigenvalue weighted by atomic mass is 10.3. The third-order valence-corrected chi connectivity index (χ3v) is 2.81. The zero-order chi connectivity index (χ0) is 12.0. The van der Waals surface area contributed by atoms with Gasteiger partial charge >= 0.3 is 0 Å². The number of nitrogens with two attached hydrogens (primary N) is 1. The van der Waals surface area contributed by atoms with Crippen LogP contribution in [0.3, 0.4) is 0 Å². The van der Waals surface area contributed by atoms with Crippen LogP contribution in [0.4, 0.5) is 0 Å². The number of rotatable bonds is 6. The largest absolute Gasteiger partial charge is 0.329 e. The van der Waals surface area contributed by atoms with E-state index in [2.05, 4.69) is 31.1 Å². The van der Waals surface area contributed by atoms with Crippen molar-refractivity contribution in [3.63, 3.8) is 0 Å². The zero-order valence-electron chi connectivity index (χ0n) is 11.0. The summed E-state index contributed by atoms with van der Waals surface area (Å²) < 4.78 is 0.952. The lowest BCUT2D eigenvalue weighted by molar-refractivity contribution is -0.871. The summed E-state index contributed by atoms with van der Waals surface area (Å²) in [6, 6.07) is 0. The molecule has 0 atom stereocenters. The smallest absolute Gasteiger partial charge is 0.117 e. The maximum atomic E-state index is 5.75. The first-order chi connectivity index (χ1) is 7.51. The van der Waals surface area contributed by atoms with Gasteiger partial charge in [0, 0.05) is 39.3 Å². The van der Waals surface area contributed by atoms with E-state index in [1.54, 1.807) is 0 Å². The Morgan fingerprint density at radius 3 is 2.25 bits per heavy atom. The van der Waals surface area contributed by atoms with Gasteiger partial charge in [-0.25, -0.2) is 0 Å². The monoisotopic (exact) mass is 231 g/mol. The average Bonchev–Trinajstić information content (AvgIpc) is 2.19. The first-order valence-corrected chi connectivity index (χ1v) is 6.12. The van der Waals surface area contributed by atoms with E-state index in [1.165, 1.54) is 0 Å². The van der Waals surface area contributed by atoms with Crippen LogP contribution in [0.2, 0.25) is 0 Å². The Hall–Kier alpha value is -0.200. The Labute approximate surface area is 99.3 Å². The Morgan fingerprint density at radius 2 is 1.75 bits per heavy atom. The maximum Gasteiger partial charge on any atom is 0.117 e. The summed E-state index contributed by atoms with van der Waals surface area (Å²) in [4.78, 5) is 8.13. The Bertz CT molecular complexity index is 185. The van der Waals surface area contributed by atoms with Gasteiger partial charge in [-0.2, -0.15) is 5.06 Å². The molecule has 5 nitrogen and oxygen atoms in total. The Balaban J connectivity index is 2.08. The summed E-state index contributed by atoms with van der Waals surface area (Å²) >= 11 is 0. The molecule has 1 saturated heterocycles. The molecule has 1 rings (SSSR count). The summed E-state index contributed by atoms with van der Waals surface area (Å²) in [7, 11) is 6.55. The Kier molecular flexibility index (Phi) is 5.64. The summed E-state index contributed by atoms with van der Waals surface area (Å²) in [5.74, 6) is 0. The van der Waals surface area contributed by atoms with Crippen LogP contribution >= 0.6 is 0 Å².